The summed E-state index contributed by atoms with van der Waals surface area (Å²) < 4.78 is 10.0. The molecule has 0 spiro atoms. The second-order valence-electron chi connectivity index (χ2n) is 5.42. The van der Waals surface area contributed by atoms with E-state index in [4.69, 9.17) is 9.47 Å². The zero-order valence-electron chi connectivity index (χ0n) is 15.3. The van der Waals surface area contributed by atoms with E-state index in [-0.39, 0.29) is 13.2 Å². The molecule has 2 N–H and O–H groups in total. The molecule has 2 amide bonds. The smallest absolute Gasteiger partial charge is 0.411 e. The fraction of sp³-hybridized carbons (Fsp3) is 0.0909. The Bertz CT molecular complexity index is 745. The van der Waals surface area contributed by atoms with Crippen molar-refractivity contribution < 1.29 is 19.1 Å². The Hall–Kier alpha value is -3.80. The van der Waals surface area contributed by atoms with Gasteiger partial charge in [-0.05, 0) is 36.4 Å². The highest BCUT2D eigenvalue weighted by Crippen LogP contribution is 2.06. The number of hydrogen-bond donors (Lipinski definition) is 2. The molecule has 28 heavy (non-hydrogen) atoms. The van der Waals surface area contributed by atoms with Crippen molar-refractivity contribution in [3.63, 3.8) is 0 Å². The lowest BCUT2D eigenvalue weighted by atomic mass is 10.3. The van der Waals surface area contributed by atoms with Crippen LogP contribution < -0.4 is 10.6 Å². The van der Waals surface area contributed by atoms with E-state index < -0.39 is 12.2 Å². The minimum Gasteiger partial charge on any atom is -0.445 e. The van der Waals surface area contributed by atoms with Crippen molar-refractivity contribution in [2.24, 2.45) is 0 Å². The Kier molecular flexibility index (Phi) is 9.18. The number of rotatable bonds is 8. The van der Waals surface area contributed by atoms with Gasteiger partial charge in [-0.15, -0.1) is 0 Å². The Labute approximate surface area is 164 Å². The molecule has 0 aliphatic carbocycles. The normalized spacial score (nSPS) is 11.0. The maximum absolute atomic E-state index is 11.5. The summed E-state index contributed by atoms with van der Waals surface area (Å²) in [5.74, 6) is 0. The summed E-state index contributed by atoms with van der Waals surface area (Å²) in [6.07, 6.45) is 9.46. The van der Waals surface area contributed by atoms with Gasteiger partial charge in [0.15, 0.2) is 0 Å². The molecule has 0 bridgehead atoms. The van der Waals surface area contributed by atoms with Gasteiger partial charge < -0.3 is 9.47 Å². The molecule has 0 aliphatic rings. The molecule has 0 aliphatic heterocycles. The van der Waals surface area contributed by atoms with Crippen LogP contribution in [-0.4, -0.2) is 25.4 Å². The van der Waals surface area contributed by atoms with Gasteiger partial charge in [0.25, 0.3) is 0 Å². The summed E-state index contributed by atoms with van der Waals surface area (Å²) in [5, 5.41) is 5.24. The average molecular weight is 378 g/mol. The first kappa shape index (κ1) is 20.5. The van der Waals surface area contributed by atoms with Gasteiger partial charge in [-0.2, -0.15) is 0 Å². The highest BCUT2D eigenvalue weighted by atomic mass is 16.6. The summed E-state index contributed by atoms with van der Waals surface area (Å²) in [6, 6.07) is 18.2. The van der Waals surface area contributed by atoms with E-state index in [9.17, 15) is 9.59 Å². The quantitative estimate of drug-likeness (QED) is 0.623. The van der Waals surface area contributed by atoms with Gasteiger partial charge >= 0.3 is 12.2 Å². The first-order valence-corrected chi connectivity index (χ1v) is 8.70. The number of allylic oxidation sites excluding steroid dienone is 4. The number of hydrogen-bond acceptors (Lipinski definition) is 4. The molecule has 0 fully saturated rings. The molecular formula is C22H22N2O4. The largest absolute Gasteiger partial charge is 0.445 e. The van der Waals surface area contributed by atoms with Crippen LogP contribution in [0.1, 0.15) is 0 Å². The predicted molar refractivity (Wildman–Crippen MR) is 110 cm³/mol. The zero-order valence-corrected chi connectivity index (χ0v) is 15.3. The maximum atomic E-state index is 11.5. The van der Waals surface area contributed by atoms with E-state index in [0.29, 0.717) is 11.4 Å². The molecule has 0 unspecified atom stereocenters. The minimum absolute atomic E-state index is 0.162. The molecular weight excluding hydrogens is 356 g/mol. The number of anilines is 2. The fourth-order valence-electron chi connectivity index (χ4n) is 1.99. The molecule has 0 aromatic heterocycles. The van der Waals surface area contributed by atoms with E-state index in [2.05, 4.69) is 10.6 Å². The van der Waals surface area contributed by atoms with Crippen LogP contribution in [0.4, 0.5) is 21.0 Å². The highest BCUT2D eigenvalue weighted by Gasteiger charge is 2.00. The molecule has 6 heteroatoms. The van der Waals surface area contributed by atoms with Crippen molar-refractivity contribution in [2.75, 3.05) is 23.8 Å². The lowest BCUT2D eigenvalue weighted by molar-refractivity contribution is 0.173. The van der Waals surface area contributed by atoms with Crippen LogP contribution >= 0.6 is 0 Å². The molecule has 0 saturated carbocycles. The van der Waals surface area contributed by atoms with Crippen molar-refractivity contribution in [1.82, 2.24) is 0 Å². The van der Waals surface area contributed by atoms with Gasteiger partial charge in [0.2, 0.25) is 0 Å². The lowest BCUT2D eigenvalue weighted by Gasteiger charge is -2.04. The van der Waals surface area contributed by atoms with Crippen LogP contribution in [0.5, 0.6) is 0 Å². The van der Waals surface area contributed by atoms with E-state index in [1.165, 1.54) is 0 Å². The SMILES string of the molecule is O=C(Nc1ccccc1)OC/C=C/C=C/C=C/COC(=O)Nc1ccccc1. The number of nitrogens with one attached hydrogen (secondary N) is 2. The Balaban J connectivity index is 1.53. The number of carbonyl (C=O) groups excluding carboxylic acids is 2. The van der Waals surface area contributed by atoms with Crippen molar-refractivity contribution in [3.8, 4) is 0 Å². The standard InChI is InChI=1S/C22H22N2O4/c25-21(23-19-13-7-5-8-14-19)27-17-11-3-1-2-4-12-18-28-22(26)24-20-15-9-6-10-16-20/h1-16H,17-18H2,(H,23,25)(H,24,26)/b2-1+,11-3+,12-4+. The van der Waals surface area contributed by atoms with Gasteiger partial charge in [0, 0.05) is 11.4 Å². The predicted octanol–water partition coefficient (Wildman–Crippen LogP) is 5.15. The van der Waals surface area contributed by atoms with Crippen molar-refractivity contribution in [2.45, 2.75) is 0 Å². The van der Waals surface area contributed by atoms with Crippen molar-refractivity contribution >= 4 is 23.6 Å². The summed E-state index contributed by atoms with van der Waals surface area (Å²) >= 11 is 0. The molecule has 2 rings (SSSR count). The van der Waals surface area contributed by atoms with Crippen LogP contribution in [0.25, 0.3) is 0 Å². The highest BCUT2D eigenvalue weighted by molar-refractivity contribution is 5.85. The summed E-state index contributed by atoms with van der Waals surface area (Å²) in [5.41, 5.74) is 1.36. The third-order valence-corrected chi connectivity index (χ3v) is 3.27. The average Bonchev–Trinajstić information content (AvgIpc) is 2.71. The second-order valence-corrected chi connectivity index (χ2v) is 5.42. The summed E-state index contributed by atoms with van der Waals surface area (Å²) in [4.78, 5) is 23.1. The number of ether oxygens (including phenoxy) is 2. The summed E-state index contributed by atoms with van der Waals surface area (Å²) in [7, 11) is 0. The van der Waals surface area contributed by atoms with Gasteiger partial charge in [0.1, 0.15) is 13.2 Å². The van der Waals surface area contributed by atoms with Crippen LogP contribution in [-0.2, 0) is 9.47 Å². The molecule has 0 saturated heterocycles. The second kappa shape index (κ2) is 12.5. The number of para-hydroxylation sites is 2. The monoisotopic (exact) mass is 378 g/mol. The van der Waals surface area contributed by atoms with Crippen LogP contribution in [0.15, 0.2) is 97.1 Å². The van der Waals surface area contributed by atoms with Gasteiger partial charge in [0.05, 0.1) is 0 Å². The van der Waals surface area contributed by atoms with E-state index in [1.54, 1.807) is 60.7 Å². The molecule has 0 radical (unpaired) electrons. The number of amides is 2. The van der Waals surface area contributed by atoms with E-state index in [1.807, 2.05) is 36.4 Å². The summed E-state index contributed by atoms with van der Waals surface area (Å²) in [6.45, 7) is 0.324. The molecule has 144 valence electrons. The first-order chi connectivity index (χ1) is 13.7. The van der Waals surface area contributed by atoms with Gasteiger partial charge in [-0.3, -0.25) is 10.6 Å². The fourth-order valence-corrected chi connectivity index (χ4v) is 1.99. The maximum Gasteiger partial charge on any atom is 0.411 e. The Morgan fingerprint density at radius 3 is 1.43 bits per heavy atom. The van der Waals surface area contributed by atoms with Crippen LogP contribution in [0.3, 0.4) is 0 Å². The van der Waals surface area contributed by atoms with Crippen molar-refractivity contribution in [1.29, 1.82) is 0 Å². The minimum atomic E-state index is -0.509. The molecule has 6 nitrogen and oxygen atoms in total. The molecule has 0 atom stereocenters. The molecule has 2 aromatic rings. The van der Waals surface area contributed by atoms with Crippen LogP contribution in [0.2, 0.25) is 0 Å². The topological polar surface area (TPSA) is 76.7 Å². The van der Waals surface area contributed by atoms with E-state index >= 15 is 0 Å². The third-order valence-electron chi connectivity index (χ3n) is 3.27. The van der Waals surface area contributed by atoms with E-state index in [0.717, 1.165) is 0 Å². The number of benzene rings is 2. The lowest BCUT2D eigenvalue weighted by Crippen LogP contribution is -2.13. The zero-order chi connectivity index (χ0) is 19.9. The molecule has 0 heterocycles. The number of carbonyl (C=O) groups is 2. The van der Waals surface area contributed by atoms with Crippen molar-refractivity contribution in [3.05, 3.63) is 97.1 Å². The third kappa shape index (κ3) is 9.05. The van der Waals surface area contributed by atoms with Crippen LogP contribution in [0, 0.1) is 0 Å². The first-order valence-electron chi connectivity index (χ1n) is 8.70. The molecule has 2 aromatic carbocycles. The van der Waals surface area contributed by atoms with Gasteiger partial charge in [-0.1, -0.05) is 60.7 Å². The Morgan fingerprint density at radius 2 is 1.04 bits per heavy atom. The Morgan fingerprint density at radius 1 is 0.643 bits per heavy atom. The van der Waals surface area contributed by atoms with Gasteiger partial charge in [-0.25, -0.2) is 9.59 Å².